The van der Waals surface area contributed by atoms with E-state index in [-0.39, 0.29) is 11.7 Å². The lowest BCUT2D eigenvalue weighted by atomic mass is 10.1. The number of H-pyrrole nitrogens is 1. The fraction of sp³-hybridized carbons (Fsp3) is 0.500. The summed E-state index contributed by atoms with van der Waals surface area (Å²) in [5.41, 5.74) is 2.72. The lowest BCUT2D eigenvalue weighted by Crippen LogP contribution is -2.38. The molecule has 1 aromatic heterocycles. The Morgan fingerprint density at radius 2 is 2.08 bits per heavy atom. The fourth-order valence-corrected chi connectivity index (χ4v) is 4.12. The number of hydrogen-bond donors (Lipinski definition) is 1. The van der Waals surface area contributed by atoms with Gasteiger partial charge in [-0.3, -0.25) is 4.79 Å². The number of benzene rings is 1. The number of hydrogen-bond acceptors (Lipinski definition) is 4. The molecule has 1 aromatic carbocycles. The van der Waals surface area contributed by atoms with Crippen LogP contribution in [0.1, 0.15) is 18.9 Å². The monoisotopic (exact) mass is 350 g/mol. The van der Waals surface area contributed by atoms with Gasteiger partial charge in [-0.2, -0.15) is 0 Å². The van der Waals surface area contributed by atoms with E-state index in [0.29, 0.717) is 39.0 Å². The van der Waals surface area contributed by atoms with Crippen LogP contribution in [0.3, 0.4) is 0 Å². The van der Waals surface area contributed by atoms with Gasteiger partial charge in [0.15, 0.2) is 0 Å². The van der Waals surface area contributed by atoms with Crippen LogP contribution >= 0.6 is 0 Å². The van der Waals surface area contributed by atoms with Crippen LogP contribution in [0.15, 0.2) is 24.5 Å². The van der Waals surface area contributed by atoms with Crippen molar-refractivity contribution >= 4 is 27.0 Å². The summed E-state index contributed by atoms with van der Waals surface area (Å²) in [5, 5.41) is 0. The van der Waals surface area contributed by atoms with Crippen molar-refractivity contribution < 1.29 is 13.2 Å². The minimum Gasteiger partial charge on any atom is -0.345 e. The van der Waals surface area contributed by atoms with E-state index in [0.717, 1.165) is 16.6 Å². The topological polar surface area (TPSA) is 86.4 Å². The Bertz CT molecular complexity index is 831. The molecule has 2 heterocycles. The molecule has 1 amide bonds. The van der Waals surface area contributed by atoms with E-state index in [2.05, 4.69) is 9.97 Å². The molecule has 8 heteroatoms. The number of fused-ring (bicyclic) bond motifs is 1. The van der Waals surface area contributed by atoms with Crippen LogP contribution in [0.4, 0.5) is 0 Å². The summed E-state index contributed by atoms with van der Waals surface area (Å²) < 4.78 is 25.5. The third-order valence-electron chi connectivity index (χ3n) is 4.41. The maximum atomic E-state index is 12.6. The molecule has 1 aliphatic heterocycles. The Kier molecular flexibility index (Phi) is 4.86. The highest BCUT2D eigenvalue weighted by molar-refractivity contribution is 7.89. The molecule has 130 valence electrons. The van der Waals surface area contributed by atoms with E-state index in [1.807, 2.05) is 18.2 Å². The van der Waals surface area contributed by atoms with Crippen molar-refractivity contribution in [3.63, 3.8) is 0 Å². The van der Waals surface area contributed by atoms with E-state index in [9.17, 15) is 13.2 Å². The van der Waals surface area contributed by atoms with Crippen LogP contribution in [0.2, 0.25) is 0 Å². The zero-order valence-corrected chi connectivity index (χ0v) is 14.6. The number of nitrogens with one attached hydrogen (secondary N) is 1. The molecule has 2 aromatic rings. The van der Waals surface area contributed by atoms with Crippen molar-refractivity contribution in [2.24, 2.45) is 0 Å². The molecule has 1 aliphatic rings. The second kappa shape index (κ2) is 6.90. The molecule has 0 bridgehead atoms. The Labute approximate surface area is 141 Å². The van der Waals surface area contributed by atoms with Crippen molar-refractivity contribution in [1.82, 2.24) is 19.2 Å². The predicted molar refractivity (Wildman–Crippen MR) is 92.0 cm³/mol. The molecule has 0 radical (unpaired) electrons. The minimum absolute atomic E-state index is 0.0320. The highest BCUT2D eigenvalue weighted by Gasteiger charge is 2.25. The zero-order valence-electron chi connectivity index (χ0n) is 13.7. The molecule has 1 saturated heterocycles. The predicted octanol–water partition coefficient (Wildman–Crippen LogP) is 0.989. The lowest BCUT2D eigenvalue weighted by Gasteiger charge is -2.21. The Morgan fingerprint density at radius 3 is 2.88 bits per heavy atom. The highest BCUT2D eigenvalue weighted by atomic mass is 32.2. The van der Waals surface area contributed by atoms with Crippen LogP contribution in [0.5, 0.6) is 0 Å². The van der Waals surface area contributed by atoms with Gasteiger partial charge in [-0.1, -0.05) is 6.07 Å². The zero-order chi connectivity index (χ0) is 17.2. The van der Waals surface area contributed by atoms with Crippen LogP contribution in [0.25, 0.3) is 11.0 Å². The summed E-state index contributed by atoms with van der Waals surface area (Å²) in [6, 6.07) is 5.74. The van der Waals surface area contributed by atoms with Gasteiger partial charge < -0.3 is 9.88 Å². The van der Waals surface area contributed by atoms with E-state index in [4.69, 9.17) is 0 Å². The van der Waals surface area contributed by atoms with Crippen molar-refractivity contribution in [3.8, 4) is 0 Å². The van der Waals surface area contributed by atoms with Crippen LogP contribution in [-0.2, 0) is 21.2 Å². The second-order valence-corrected chi connectivity index (χ2v) is 8.22. The van der Waals surface area contributed by atoms with Gasteiger partial charge in [0.05, 0.1) is 29.5 Å². The molecule has 0 spiro atoms. The van der Waals surface area contributed by atoms with E-state index in [1.165, 1.54) is 4.31 Å². The van der Waals surface area contributed by atoms with Crippen molar-refractivity contribution in [1.29, 1.82) is 0 Å². The number of rotatable bonds is 4. The number of imidazole rings is 1. The quantitative estimate of drug-likeness (QED) is 0.891. The maximum absolute atomic E-state index is 12.6. The van der Waals surface area contributed by atoms with Gasteiger partial charge >= 0.3 is 0 Å². The van der Waals surface area contributed by atoms with Gasteiger partial charge in [-0.25, -0.2) is 17.7 Å². The normalized spacial score (nSPS) is 17.1. The summed E-state index contributed by atoms with van der Waals surface area (Å²) in [6.45, 7) is 3.56. The molecular formula is C16H22N4O3S. The smallest absolute Gasteiger partial charge is 0.227 e. The lowest BCUT2D eigenvalue weighted by molar-refractivity contribution is -0.130. The van der Waals surface area contributed by atoms with Crippen molar-refractivity contribution in [2.75, 3.05) is 31.9 Å². The largest absolute Gasteiger partial charge is 0.345 e. The number of carbonyl (C=O) groups excluding carboxylic acids is 1. The third-order valence-corrected chi connectivity index (χ3v) is 6.29. The molecule has 1 N–H and O–H groups in total. The molecule has 24 heavy (non-hydrogen) atoms. The molecule has 7 nitrogen and oxygen atoms in total. The summed E-state index contributed by atoms with van der Waals surface area (Å²) in [5.74, 6) is 0.134. The van der Waals surface area contributed by atoms with E-state index >= 15 is 0 Å². The van der Waals surface area contributed by atoms with E-state index < -0.39 is 10.0 Å². The SMILES string of the molecule is CCS(=O)(=O)N1CCCN(C(=O)Cc2ccc3nc[nH]c3c2)CC1. The molecular weight excluding hydrogens is 328 g/mol. The maximum Gasteiger partial charge on any atom is 0.227 e. The number of nitrogens with zero attached hydrogens (tertiary/aromatic N) is 3. The minimum atomic E-state index is -3.19. The summed E-state index contributed by atoms with van der Waals surface area (Å²) >= 11 is 0. The Morgan fingerprint density at radius 1 is 1.25 bits per heavy atom. The van der Waals surface area contributed by atoms with Gasteiger partial charge in [0, 0.05) is 26.2 Å². The highest BCUT2D eigenvalue weighted by Crippen LogP contribution is 2.14. The van der Waals surface area contributed by atoms with Gasteiger partial charge in [0.25, 0.3) is 0 Å². The average Bonchev–Trinajstić information content (AvgIpc) is 2.88. The first kappa shape index (κ1) is 16.9. The summed E-state index contributed by atoms with van der Waals surface area (Å²) in [7, 11) is -3.19. The Hall–Kier alpha value is -1.93. The van der Waals surface area contributed by atoms with E-state index in [1.54, 1.807) is 18.2 Å². The van der Waals surface area contributed by atoms with Gasteiger partial charge in [-0.05, 0) is 31.0 Å². The molecule has 0 aliphatic carbocycles. The first-order chi connectivity index (χ1) is 11.5. The second-order valence-electron chi connectivity index (χ2n) is 5.96. The Balaban J connectivity index is 1.64. The summed E-state index contributed by atoms with van der Waals surface area (Å²) in [4.78, 5) is 21.5. The van der Waals surface area contributed by atoms with Crippen LogP contribution in [-0.4, -0.2) is 65.4 Å². The van der Waals surface area contributed by atoms with Crippen LogP contribution in [0, 0.1) is 0 Å². The number of carbonyl (C=O) groups is 1. The molecule has 1 fully saturated rings. The number of amides is 1. The van der Waals surface area contributed by atoms with Crippen LogP contribution < -0.4 is 0 Å². The third kappa shape index (κ3) is 3.59. The number of aromatic nitrogens is 2. The summed E-state index contributed by atoms with van der Waals surface area (Å²) in [6.07, 6.45) is 2.62. The average molecular weight is 350 g/mol. The van der Waals surface area contributed by atoms with Crippen molar-refractivity contribution in [2.45, 2.75) is 19.8 Å². The molecule has 3 rings (SSSR count). The van der Waals surface area contributed by atoms with Crippen molar-refractivity contribution in [3.05, 3.63) is 30.1 Å². The molecule has 0 atom stereocenters. The fourth-order valence-electron chi connectivity index (χ4n) is 2.98. The standard InChI is InChI=1S/C16H22N4O3S/c1-2-24(22,23)20-7-3-6-19(8-9-20)16(21)11-13-4-5-14-15(10-13)18-12-17-14/h4-5,10,12H,2-3,6-9,11H2,1H3,(H,17,18). The molecule has 0 saturated carbocycles. The van der Waals surface area contributed by atoms with Gasteiger partial charge in [0.1, 0.15) is 0 Å². The van der Waals surface area contributed by atoms with Gasteiger partial charge in [0.2, 0.25) is 15.9 Å². The number of aromatic amines is 1. The van der Waals surface area contributed by atoms with Gasteiger partial charge in [-0.15, -0.1) is 0 Å². The molecule has 0 unspecified atom stereocenters. The first-order valence-corrected chi connectivity index (χ1v) is 9.78. The first-order valence-electron chi connectivity index (χ1n) is 8.17. The number of sulfonamides is 1.